The van der Waals surface area contributed by atoms with Crippen LogP contribution >= 0.6 is 0 Å². The second-order valence-corrected chi connectivity index (χ2v) is 8.55. The van der Waals surface area contributed by atoms with E-state index in [9.17, 15) is 0 Å². The van der Waals surface area contributed by atoms with Gasteiger partial charge in [-0.1, -0.05) is 72.8 Å². The van der Waals surface area contributed by atoms with Crippen molar-refractivity contribution in [2.45, 2.75) is 0 Å². The summed E-state index contributed by atoms with van der Waals surface area (Å²) >= 11 is -5.75. The van der Waals surface area contributed by atoms with Gasteiger partial charge in [0.2, 0.25) is 0 Å². The van der Waals surface area contributed by atoms with Crippen LogP contribution in [-0.2, 0) is 21.2 Å². The number of rotatable bonds is 4. The van der Waals surface area contributed by atoms with E-state index in [0.29, 0.717) is 0 Å². The van der Waals surface area contributed by atoms with Crippen LogP contribution < -0.4 is 40.4 Å². The summed E-state index contributed by atoms with van der Waals surface area (Å²) in [6.07, 6.45) is 0. The number of nitrogens with two attached hydrogens (primary N) is 4. The molecule has 0 radical (unpaired) electrons. The number of para-hydroxylation sites is 4. The molecular weight excluding hydrogens is 512 g/mol. The van der Waals surface area contributed by atoms with E-state index < -0.39 is 13.6 Å². The van der Waals surface area contributed by atoms with Crippen molar-refractivity contribution in [3.8, 4) is 0 Å². The SMILES string of the molecule is NC(N)=[N+](c1ccccc1)c1ccccc1.NC(N)=[N+](c1ccccc1)c1ccccc1.[O]=[Cr](=[O])([O-])[O-]. The molecule has 0 bridgehead atoms. The first kappa shape index (κ1) is 28.7. The molecule has 0 aromatic heterocycles. The van der Waals surface area contributed by atoms with Crippen LogP contribution in [0.3, 0.4) is 0 Å². The minimum atomic E-state index is -5.75. The van der Waals surface area contributed by atoms with Crippen LogP contribution in [0.5, 0.6) is 0 Å². The molecule has 0 fully saturated rings. The molecule has 192 valence electrons. The molecule has 0 atom stereocenters. The van der Waals surface area contributed by atoms with E-state index in [-0.39, 0.29) is 11.9 Å². The molecule has 0 spiro atoms. The van der Waals surface area contributed by atoms with Gasteiger partial charge in [0.15, 0.2) is 0 Å². The van der Waals surface area contributed by atoms with Crippen LogP contribution in [0, 0.1) is 0 Å². The quantitative estimate of drug-likeness (QED) is 0.167. The fourth-order valence-corrected chi connectivity index (χ4v) is 3.20. The Balaban J connectivity index is 0.000000221. The topological polar surface area (TPSA) is 190 Å². The van der Waals surface area contributed by atoms with Gasteiger partial charge in [-0.2, -0.15) is 9.15 Å². The van der Waals surface area contributed by atoms with Crippen molar-refractivity contribution in [1.82, 2.24) is 9.15 Å². The fraction of sp³-hybridized carbons (Fsp3) is 0. The van der Waals surface area contributed by atoms with Crippen LogP contribution in [0.15, 0.2) is 121 Å². The summed E-state index contributed by atoms with van der Waals surface area (Å²) in [6.45, 7) is 0. The fourth-order valence-electron chi connectivity index (χ4n) is 3.20. The van der Waals surface area contributed by atoms with E-state index in [0.717, 1.165) is 22.7 Å². The van der Waals surface area contributed by atoms with E-state index in [1.54, 1.807) is 9.15 Å². The summed E-state index contributed by atoms with van der Waals surface area (Å²) in [5.74, 6) is 0.523. The summed E-state index contributed by atoms with van der Waals surface area (Å²) in [5.41, 5.74) is 26.7. The van der Waals surface area contributed by atoms with Gasteiger partial charge in [0.05, 0.1) is 0 Å². The van der Waals surface area contributed by atoms with E-state index in [4.69, 9.17) is 38.9 Å². The van der Waals surface area contributed by atoms with Gasteiger partial charge in [0.1, 0.15) is 22.7 Å². The molecule has 0 aliphatic heterocycles. The van der Waals surface area contributed by atoms with Gasteiger partial charge in [-0.25, -0.2) is 0 Å². The third-order valence-electron chi connectivity index (χ3n) is 4.57. The first-order valence-electron chi connectivity index (χ1n) is 10.8. The Labute approximate surface area is 217 Å². The molecular formula is C26H28CrN6O4. The molecule has 4 aromatic carbocycles. The molecule has 10 nitrogen and oxygen atoms in total. The zero-order chi connectivity index (χ0) is 27.3. The van der Waals surface area contributed by atoms with Gasteiger partial charge in [-0.05, 0) is 48.5 Å². The molecule has 37 heavy (non-hydrogen) atoms. The molecule has 0 aliphatic carbocycles. The van der Waals surface area contributed by atoms with E-state index in [2.05, 4.69) is 0 Å². The van der Waals surface area contributed by atoms with Crippen molar-refractivity contribution in [2.24, 2.45) is 22.9 Å². The van der Waals surface area contributed by atoms with Crippen LogP contribution in [0.1, 0.15) is 0 Å². The number of hydrogen-bond acceptors (Lipinski definition) is 4. The van der Waals surface area contributed by atoms with Crippen molar-refractivity contribution in [2.75, 3.05) is 0 Å². The monoisotopic (exact) mass is 540 g/mol. The summed E-state index contributed by atoms with van der Waals surface area (Å²) in [7, 11) is 0. The molecule has 4 rings (SSSR count). The number of hydrogen-bond donors (Lipinski definition) is 4. The molecule has 0 saturated heterocycles. The maximum atomic E-state index is 8.59. The summed E-state index contributed by atoms with van der Waals surface area (Å²) in [6, 6.07) is 39.2. The first-order valence-corrected chi connectivity index (χ1v) is 12.9. The van der Waals surface area contributed by atoms with Crippen molar-refractivity contribution < 1.29 is 29.5 Å². The Kier molecular flexibility index (Phi) is 11.0. The minimum absolute atomic E-state index is 0.261. The van der Waals surface area contributed by atoms with Crippen molar-refractivity contribution in [3.05, 3.63) is 121 Å². The first-order chi connectivity index (χ1) is 17.6. The molecule has 0 amide bonds. The van der Waals surface area contributed by atoms with Gasteiger partial charge < -0.3 is 0 Å². The molecule has 0 heterocycles. The van der Waals surface area contributed by atoms with E-state index >= 15 is 0 Å². The van der Waals surface area contributed by atoms with Crippen molar-refractivity contribution in [1.29, 1.82) is 0 Å². The van der Waals surface area contributed by atoms with Crippen LogP contribution in [0.2, 0.25) is 0 Å². The predicted octanol–water partition coefficient (Wildman–Crippen LogP) is 0.971. The zero-order valence-corrected chi connectivity index (χ0v) is 21.1. The number of guanidine groups is 2. The standard InChI is InChI=1S/2C13H13N3.Cr.4O/c2*14-13(15)16(11-7-3-1-4-8-11)12-9-5-2-6-10-12;;;;;/h2*1-10H,(H3,14,15);;;;;/q;;;;;2*-1/p+2. The molecule has 11 heteroatoms. The molecule has 4 aromatic rings. The van der Waals surface area contributed by atoms with E-state index in [1.165, 1.54) is 0 Å². The summed E-state index contributed by atoms with van der Waals surface area (Å²) in [4.78, 5) is 0. The van der Waals surface area contributed by atoms with Gasteiger partial charge in [0, 0.05) is 0 Å². The average molecular weight is 541 g/mol. The Morgan fingerprint density at radius 2 is 0.622 bits per heavy atom. The van der Waals surface area contributed by atoms with Gasteiger partial charge in [0.25, 0.3) is 0 Å². The van der Waals surface area contributed by atoms with Gasteiger partial charge in [-0.3, -0.25) is 22.9 Å². The van der Waals surface area contributed by atoms with Gasteiger partial charge >= 0.3 is 41.5 Å². The molecule has 8 N–H and O–H groups in total. The molecule has 0 saturated carbocycles. The second-order valence-electron chi connectivity index (χ2n) is 7.27. The Morgan fingerprint density at radius 3 is 0.757 bits per heavy atom. The zero-order valence-electron chi connectivity index (χ0n) is 19.8. The second kappa shape index (κ2) is 14.1. The molecule has 0 unspecified atom stereocenters. The third-order valence-corrected chi connectivity index (χ3v) is 4.57. The Bertz CT molecular complexity index is 1220. The third kappa shape index (κ3) is 10.3. The summed E-state index contributed by atoms with van der Waals surface area (Å²) in [5, 5.41) is 0. The predicted molar refractivity (Wildman–Crippen MR) is 137 cm³/mol. The van der Waals surface area contributed by atoms with Crippen LogP contribution in [0.4, 0.5) is 22.7 Å². The van der Waals surface area contributed by atoms with Crippen molar-refractivity contribution in [3.63, 3.8) is 0 Å². The van der Waals surface area contributed by atoms with Crippen molar-refractivity contribution >= 4 is 34.7 Å². The Morgan fingerprint density at radius 1 is 0.459 bits per heavy atom. The van der Waals surface area contributed by atoms with Crippen LogP contribution in [-0.4, -0.2) is 11.9 Å². The maximum absolute atomic E-state index is 8.59. The molecule has 0 aliphatic rings. The van der Waals surface area contributed by atoms with Crippen LogP contribution in [0.25, 0.3) is 0 Å². The van der Waals surface area contributed by atoms with E-state index in [1.807, 2.05) is 121 Å². The van der Waals surface area contributed by atoms with Gasteiger partial charge in [-0.15, -0.1) is 0 Å². The summed E-state index contributed by atoms with van der Waals surface area (Å²) < 4.78 is 38.0. The number of nitrogens with zero attached hydrogens (tertiary/aromatic N) is 2. The average Bonchev–Trinajstić information content (AvgIpc) is 2.86. The number of benzene rings is 4. The normalized spacial score (nSPS) is 10.0. The Hall–Kier alpha value is -4.53.